The monoisotopic (exact) mass is 2270 g/mol. The highest BCUT2D eigenvalue weighted by Crippen LogP contribution is 2.47. The highest BCUT2D eigenvalue weighted by atomic mass is 35.5. The first-order valence-corrected chi connectivity index (χ1v) is 51.9. The Balaban J connectivity index is 0.000000165. The Morgan fingerprint density at radius 3 is 1.15 bits per heavy atom. The van der Waals surface area contributed by atoms with Crippen molar-refractivity contribution >= 4 is 159 Å². The van der Waals surface area contributed by atoms with Gasteiger partial charge in [-0.15, -0.1) is 34.0 Å². The quantitative estimate of drug-likeness (QED) is 0.0119. The number of sulfonamides is 1. The van der Waals surface area contributed by atoms with Crippen LogP contribution in [0.5, 0.6) is 34.5 Å². The fraction of sp³-hybridized carbons (Fsp3) is 0.102. The number of carboxylic acid groups (broad SMARTS) is 1. The van der Waals surface area contributed by atoms with Crippen molar-refractivity contribution in [1.29, 1.82) is 0 Å². The lowest BCUT2D eigenvalue weighted by Gasteiger charge is -2.23. The summed E-state index contributed by atoms with van der Waals surface area (Å²) >= 11 is 24.0. The molecule has 0 atom stereocenters. The number of thiazole rings is 3. The summed E-state index contributed by atoms with van der Waals surface area (Å²) in [5.74, 6) is -14.3. The summed E-state index contributed by atoms with van der Waals surface area (Å²) in [5, 5.41) is 18.2. The highest BCUT2D eigenvalue weighted by Gasteiger charge is 2.45. The second-order valence-corrected chi connectivity index (χ2v) is 40.7. The van der Waals surface area contributed by atoms with Crippen molar-refractivity contribution in [3.05, 3.63) is 342 Å². The molecule has 0 spiro atoms. The van der Waals surface area contributed by atoms with Crippen molar-refractivity contribution in [1.82, 2.24) is 44.9 Å². The molecule has 12 aromatic carbocycles. The van der Waals surface area contributed by atoms with Crippen LogP contribution in [-0.4, -0.2) is 141 Å². The molecule has 0 saturated heterocycles. The van der Waals surface area contributed by atoms with Crippen LogP contribution in [0, 0.1) is 46.5 Å². The summed E-state index contributed by atoms with van der Waals surface area (Å²) in [7, 11) is -10.9. The largest absolute Gasteiger partial charge is 0.522 e. The first-order chi connectivity index (χ1) is 71.1. The third-order valence-corrected chi connectivity index (χ3v) is 29.0. The molecule has 0 bridgehead atoms. The van der Waals surface area contributed by atoms with Gasteiger partial charge in [0.1, 0.15) is 75.9 Å². The fourth-order valence-electron chi connectivity index (χ4n) is 13.9. The number of methoxy groups -OCH3 is 5. The number of ether oxygens (including phenoxy) is 5. The number of sulfone groups is 1. The van der Waals surface area contributed by atoms with Crippen molar-refractivity contribution in [2.24, 2.45) is 0 Å². The van der Waals surface area contributed by atoms with Gasteiger partial charge < -0.3 is 38.3 Å². The zero-order valence-electron chi connectivity index (χ0n) is 76.8. The van der Waals surface area contributed by atoms with Gasteiger partial charge in [0.2, 0.25) is 34.8 Å². The Bertz CT molecular complexity index is 8470. The van der Waals surface area contributed by atoms with Crippen LogP contribution in [0.3, 0.4) is 0 Å². The molecule has 0 unspecified atom stereocenters. The molecule has 778 valence electrons. The fourth-order valence-corrected chi connectivity index (χ4v) is 20.1. The molecule has 18 aromatic rings. The molecule has 0 saturated carbocycles. The molecule has 52 heteroatoms. The number of halogens is 17. The van der Waals surface area contributed by atoms with E-state index in [1.807, 2.05) is 47.3 Å². The average Bonchev–Trinajstić information content (AvgIpc) is 1.06. The van der Waals surface area contributed by atoms with E-state index in [0.717, 1.165) is 42.1 Å². The van der Waals surface area contributed by atoms with Crippen LogP contribution in [-0.2, 0) is 63.7 Å². The van der Waals surface area contributed by atoms with Crippen LogP contribution in [0.4, 0.5) is 73.1 Å². The average molecular weight is 2270 g/mol. The Kier molecular flexibility index (Phi) is 36.0. The number of fused-ring (bicyclic) bond motifs is 3. The van der Waals surface area contributed by atoms with E-state index in [1.165, 1.54) is 145 Å². The zero-order valence-corrected chi connectivity index (χ0v) is 84.8. The molecule has 28 nitrogen and oxygen atoms in total. The van der Waals surface area contributed by atoms with E-state index >= 15 is 0 Å². The highest BCUT2D eigenvalue weighted by molar-refractivity contribution is 7.93. The predicted octanol–water partition coefficient (Wildman–Crippen LogP) is 24.8. The number of aromatic nitrogens is 9. The van der Waals surface area contributed by atoms with E-state index in [-0.39, 0.29) is 61.1 Å². The van der Waals surface area contributed by atoms with Crippen LogP contribution < -0.4 is 37.5 Å². The van der Waals surface area contributed by atoms with Gasteiger partial charge in [0.25, 0.3) is 10.0 Å². The second kappa shape index (κ2) is 48.1. The van der Waals surface area contributed by atoms with E-state index in [2.05, 4.69) is 54.4 Å². The number of rotatable bonds is 25. The Morgan fingerprint density at radius 1 is 0.413 bits per heavy atom. The lowest BCUT2D eigenvalue weighted by Crippen LogP contribution is -2.30. The van der Waals surface area contributed by atoms with Crippen LogP contribution >= 0.6 is 68.8 Å². The van der Waals surface area contributed by atoms with Gasteiger partial charge in [-0.3, -0.25) is 4.55 Å². The molecule has 6 heterocycles. The third-order valence-electron chi connectivity index (χ3n) is 21.0. The van der Waals surface area contributed by atoms with Crippen LogP contribution in [0.15, 0.2) is 279 Å². The second-order valence-electron chi connectivity index (χ2n) is 30.5. The van der Waals surface area contributed by atoms with Crippen molar-refractivity contribution in [3.8, 4) is 102 Å². The van der Waals surface area contributed by atoms with Crippen molar-refractivity contribution < 1.29 is 137 Å². The Labute approximate surface area is 869 Å². The van der Waals surface area contributed by atoms with Gasteiger partial charge in [-0.05, 0) is 179 Å². The van der Waals surface area contributed by atoms with Gasteiger partial charge in [0, 0.05) is 87.3 Å². The lowest BCUT2D eigenvalue weighted by atomic mass is 9.99. The minimum absolute atomic E-state index is 0.00414. The normalized spacial score (nSPS) is 11.5. The predicted molar refractivity (Wildman–Crippen MR) is 535 cm³/mol. The van der Waals surface area contributed by atoms with E-state index in [4.69, 9.17) is 81.4 Å². The van der Waals surface area contributed by atoms with Gasteiger partial charge >= 0.3 is 37.9 Å². The summed E-state index contributed by atoms with van der Waals surface area (Å²) in [6.07, 6.45) is -1.27. The van der Waals surface area contributed by atoms with Gasteiger partial charge in [-0.25, -0.2) is 97.1 Å². The van der Waals surface area contributed by atoms with E-state index < -0.39 is 103 Å². The molecular formula is C98H68Cl3F14N11O17S7. The molecule has 0 fully saturated rings. The summed E-state index contributed by atoms with van der Waals surface area (Å²) < 4.78 is 311. The number of alkyl halides is 6. The maximum absolute atomic E-state index is 14.1. The summed E-state index contributed by atoms with van der Waals surface area (Å²) in [6, 6.07) is 55.7. The number of nitrogens with zero attached hydrogens (tertiary/aromatic N) is 10. The van der Waals surface area contributed by atoms with Crippen LogP contribution in [0.25, 0.3) is 99.9 Å². The van der Waals surface area contributed by atoms with E-state index in [9.17, 15) is 86.7 Å². The molecular weight excluding hydrogens is 2200 g/mol. The minimum atomic E-state index is -5.84. The maximum atomic E-state index is 14.1. The number of nitrogens with one attached hydrogen (secondary N) is 1. The van der Waals surface area contributed by atoms with Crippen molar-refractivity contribution in [3.63, 3.8) is 0 Å². The topological polar surface area (TPSA) is 381 Å². The number of carbonyl (C=O) groups is 1. The van der Waals surface area contributed by atoms with Gasteiger partial charge in [-0.2, -0.15) is 52.0 Å². The molecule has 18 rings (SSSR count). The first kappa shape index (κ1) is 112. The van der Waals surface area contributed by atoms with Gasteiger partial charge in [-0.1, -0.05) is 95.5 Å². The van der Waals surface area contributed by atoms with Crippen LogP contribution in [0.2, 0.25) is 15.1 Å². The third kappa shape index (κ3) is 27.0. The number of carboxylic acids is 1. The van der Waals surface area contributed by atoms with Gasteiger partial charge in [0.15, 0.2) is 15.7 Å². The SMILES string of the molecule is COc1cc(-c2cccc(F)c2)c(Cl)cc1-c1ncnc2cc(S(=O)(=O)Cc3cscn3)ccc12.COc1cc(-c2cccc(F)c2)c(Cl)cc1-c1ncnc2cc(S(=O)(=O)Oc3c(F)c(F)c(F)c(F)c3F)ccc12.COc1ccc(CN(c2cscn2)S(=O)(=O)c2ccc3c(-c4cc(Cl)c(-c5cccc(F)c5)cc4OC)ncnc3c2)cc1.COc1ccc(CNc2cscn2)cc1.O=C(O)C(F)(F)F.O=S(=O)(O)C(F)(F)F. The smallest absolute Gasteiger partial charge is 0.497 e. The molecule has 150 heavy (non-hydrogen) atoms. The zero-order chi connectivity index (χ0) is 109. The minimum Gasteiger partial charge on any atom is -0.497 e. The van der Waals surface area contributed by atoms with Crippen molar-refractivity contribution in [2.75, 3.05) is 45.2 Å². The molecule has 0 radical (unpaired) electrons. The number of hydrogen-bond acceptors (Lipinski definition) is 28. The summed E-state index contributed by atoms with van der Waals surface area (Å²) in [5.41, 5.74) is 8.98. The molecule has 0 amide bonds. The first-order valence-electron chi connectivity index (χ1n) is 42.0. The van der Waals surface area contributed by atoms with E-state index in [1.54, 1.807) is 132 Å². The van der Waals surface area contributed by atoms with E-state index in [0.29, 0.717) is 122 Å². The molecule has 0 aliphatic heterocycles. The summed E-state index contributed by atoms with van der Waals surface area (Å²) in [6.45, 7) is 0.851. The maximum Gasteiger partial charge on any atom is 0.522 e. The van der Waals surface area contributed by atoms with Gasteiger partial charge in [0.05, 0.1) is 113 Å². The number of aliphatic carboxylic acids is 1. The molecule has 0 aliphatic rings. The Morgan fingerprint density at radius 2 is 0.787 bits per heavy atom. The summed E-state index contributed by atoms with van der Waals surface area (Å²) in [4.78, 5) is 46.7. The molecule has 0 aliphatic carbocycles. The Hall–Kier alpha value is -14.9. The van der Waals surface area contributed by atoms with Crippen molar-refractivity contribution in [2.45, 2.75) is 45.2 Å². The number of benzene rings is 12. The number of anilines is 2. The molecule has 6 aromatic heterocycles. The standard InChI is InChI=1S/C32H24ClFN4O4S2.C27H13ClF6N2O4S.C25H17ClFN3O3S2.C11H12N2OS.C2HF3O2.CHF3O3S/c1-41-23-8-6-20(7-9-23)16-38(31-17-43-19-37-31)44(39,40)24-10-11-25-29(13-24)35-18-36-32(25)27-14-28(33)26(15-30(27)42-2)21-4-3-5-22(34)12-21;1-39-20-10-16(12-3-2-4-13(29)7-12)18(28)9-17(20)26-15-6-5-14(8-19(15)35-11-36-26)41(37,38)40-27-24(33)22(31)21(30)23(32)25(27)34;1-33-24-10-20(15-3-2-4-16(27)7-15)22(26)9-21(24)25-19-6-5-18(8-23(19)28-13-29-25)35(31,32)12-17-11-34-14-30-17;1-14-10-4-2-9(3-5-10)6-12-11-7-15-8-13-11;3-2(4,5)1(6)7;2-1(3,4)8(5,6)7/h3-15,17-19H,16H2,1-2H3;2-11H,1H3;2-11,13-14H,12H2,1H3;2-5,7-8,12H,6H2,1H3;(H,6,7);(H,5,6,7). The number of hydrogen-bond donors (Lipinski definition) is 3. The molecule has 3 N–H and O–H groups in total. The van der Waals surface area contributed by atoms with Crippen LogP contribution in [0.1, 0.15) is 16.8 Å². The lowest BCUT2D eigenvalue weighted by molar-refractivity contribution is -0.192.